The number of esters is 1. The maximum Gasteiger partial charge on any atom is 0.309 e. The summed E-state index contributed by atoms with van der Waals surface area (Å²) < 4.78 is 20.1. The molecule has 0 spiro atoms. The van der Waals surface area contributed by atoms with Crippen molar-refractivity contribution in [3.05, 3.63) is 0 Å². The summed E-state index contributed by atoms with van der Waals surface area (Å²) >= 11 is 0. The first-order chi connectivity index (χ1) is 16.7. The number of rotatable bonds is 4. The maximum absolute atomic E-state index is 13.6. The van der Waals surface area contributed by atoms with Crippen molar-refractivity contribution in [3.63, 3.8) is 0 Å². The van der Waals surface area contributed by atoms with Gasteiger partial charge >= 0.3 is 5.97 Å². The molecule has 4 rings (SSSR count). The Labute approximate surface area is 230 Å². The first-order valence-electron chi connectivity index (χ1n) is 15.3. The lowest BCUT2D eigenvalue weighted by molar-refractivity contribution is -0.155. The second-order valence-corrected chi connectivity index (χ2v) is 26.3. The van der Waals surface area contributed by atoms with Crippen LogP contribution in [0.25, 0.3) is 0 Å². The largest absolute Gasteiger partial charge is 0.465 e. The summed E-state index contributed by atoms with van der Waals surface area (Å²) in [6.07, 6.45) is 8.33. The standard InChI is InChI=1S/C31H58O4Si2/c1-28(2,3)36(9,10)34-21-15-17-30(7)24-16-18-31(8)23(22(24)20-33-27(32)25(30)19-21)13-14-26(31)35-37(11,12)29(4,5)6/h21-26H,13-20H2,1-12H3/t21-,22+,23+,24+,25?,26+,30-,31+/m1/s1. The fourth-order valence-corrected chi connectivity index (χ4v) is 11.0. The Bertz CT molecular complexity index is 871. The van der Waals surface area contributed by atoms with E-state index in [9.17, 15) is 4.79 Å². The first-order valence-corrected chi connectivity index (χ1v) is 21.1. The minimum atomic E-state index is -1.87. The molecule has 3 saturated carbocycles. The van der Waals surface area contributed by atoms with Crippen LogP contribution in [0.5, 0.6) is 0 Å². The van der Waals surface area contributed by atoms with Crippen molar-refractivity contribution in [2.24, 2.45) is 34.5 Å². The van der Waals surface area contributed by atoms with Crippen molar-refractivity contribution < 1.29 is 18.4 Å². The average molecular weight is 551 g/mol. The lowest BCUT2D eigenvalue weighted by atomic mass is 9.50. The highest BCUT2D eigenvalue weighted by molar-refractivity contribution is 6.74. The average Bonchev–Trinajstić information content (AvgIpc) is 3.01. The van der Waals surface area contributed by atoms with Gasteiger partial charge in [0.2, 0.25) is 0 Å². The summed E-state index contributed by atoms with van der Waals surface area (Å²) in [4.78, 5) is 13.6. The Kier molecular flexibility index (Phi) is 7.61. The van der Waals surface area contributed by atoms with Gasteiger partial charge in [-0.15, -0.1) is 0 Å². The normalized spacial score (nSPS) is 41.4. The number of hydrogen-bond acceptors (Lipinski definition) is 4. The molecule has 6 heteroatoms. The zero-order valence-corrected chi connectivity index (χ0v) is 28.3. The van der Waals surface area contributed by atoms with E-state index in [1.54, 1.807) is 0 Å². The van der Waals surface area contributed by atoms with Crippen molar-refractivity contribution >= 4 is 22.6 Å². The summed E-state index contributed by atoms with van der Waals surface area (Å²) in [5.74, 6) is 1.63. The van der Waals surface area contributed by atoms with Crippen LogP contribution < -0.4 is 0 Å². The van der Waals surface area contributed by atoms with Crippen LogP contribution in [0, 0.1) is 34.5 Å². The summed E-state index contributed by atoms with van der Waals surface area (Å²) in [5, 5.41) is 0.407. The predicted molar refractivity (Wildman–Crippen MR) is 158 cm³/mol. The van der Waals surface area contributed by atoms with E-state index in [0.717, 1.165) is 25.7 Å². The number of carbonyl (C=O) groups is 1. The van der Waals surface area contributed by atoms with Gasteiger partial charge < -0.3 is 13.6 Å². The van der Waals surface area contributed by atoms with Gasteiger partial charge in [-0.3, -0.25) is 4.79 Å². The van der Waals surface area contributed by atoms with E-state index in [1.165, 1.54) is 19.3 Å². The third kappa shape index (κ3) is 5.08. The monoisotopic (exact) mass is 550 g/mol. The van der Waals surface area contributed by atoms with Gasteiger partial charge in [-0.2, -0.15) is 0 Å². The fraction of sp³-hybridized carbons (Fsp3) is 0.968. The number of cyclic esters (lactones) is 1. The molecule has 0 aromatic rings. The molecule has 0 aromatic heterocycles. The van der Waals surface area contributed by atoms with Crippen molar-refractivity contribution in [1.29, 1.82) is 0 Å². The van der Waals surface area contributed by atoms with Crippen molar-refractivity contribution in [2.45, 2.75) is 149 Å². The third-order valence-corrected chi connectivity index (χ3v) is 21.7. The van der Waals surface area contributed by atoms with Crippen LogP contribution >= 0.6 is 0 Å². The Hall–Kier alpha value is -0.176. The van der Waals surface area contributed by atoms with Crippen LogP contribution in [0.15, 0.2) is 0 Å². The molecule has 214 valence electrons. The minimum absolute atomic E-state index is 0.0191. The molecule has 4 fully saturated rings. The Morgan fingerprint density at radius 2 is 1.32 bits per heavy atom. The van der Waals surface area contributed by atoms with E-state index in [-0.39, 0.29) is 38.9 Å². The smallest absolute Gasteiger partial charge is 0.309 e. The van der Waals surface area contributed by atoms with E-state index in [2.05, 4.69) is 81.6 Å². The lowest BCUT2D eigenvalue weighted by Gasteiger charge is -2.56. The summed E-state index contributed by atoms with van der Waals surface area (Å²) in [7, 11) is -3.71. The van der Waals surface area contributed by atoms with Crippen LogP contribution in [-0.4, -0.2) is 41.4 Å². The van der Waals surface area contributed by atoms with E-state index in [4.69, 9.17) is 13.6 Å². The van der Waals surface area contributed by atoms with Crippen LogP contribution in [0.4, 0.5) is 0 Å². The van der Waals surface area contributed by atoms with E-state index in [0.29, 0.717) is 30.5 Å². The molecular formula is C31H58O4Si2. The van der Waals surface area contributed by atoms with Gasteiger partial charge in [-0.1, -0.05) is 55.4 Å². The van der Waals surface area contributed by atoms with Crippen molar-refractivity contribution in [1.82, 2.24) is 0 Å². The number of ether oxygens (including phenoxy) is 1. The van der Waals surface area contributed by atoms with Crippen molar-refractivity contribution in [2.75, 3.05) is 6.61 Å². The van der Waals surface area contributed by atoms with Crippen LogP contribution in [0.3, 0.4) is 0 Å². The van der Waals surface area contributed by atoms with E-state index in [1.807, 2.05) is 0 Å². The van der Waals surface area contributed by atoms with Gasteiger partial charge in [0.25, 0.3) is 0 Å². The first kappa shape index (κ1) is 29.8. The van der Waals surface area contributed by atoms with Gasteiger partial charge in [0, 0.05) is 6.10 Å². The van der Waals surface area contributed by atoms with Gasteiger partial charge in [0.05, 0.1) is 18.6 Å². The summed E-state index contributed by atoms with van der Waals surface area (Å²) in [5.41, 5.74) is 0.215. The maximum atomic E-state index is 13.6. The highest BCUT2D eigenvalue weighted by Crippen LogP contribution is 2.64. The van der Waals surface area contributed by atoms with Crippen molar-refractivity contribution in [3.8, 4) is 0 Å². The molecule has 0 bridgehead atoms. The molecule has 0 radical (unpaired) electrons. The van der Waals surface area contributed by atoms with Gasteiger partial charge in [-0.25, -0.2) is 0 Å². The zero-order valence-electron chi connectivity index (χ0n) is 26.3. The van der Waals surface area contributed by atoms with Gasteiger partial charge in [0.15, 0.2) is 16.6 Å². The second kappa shape index (κ2) is 9.44. The topological polar surface area (TPSA) is 44.8 Å². The third-order valence-electron chi connectivity index (χ3n) is 12.7. The molecule has 1 unspecified atom stereocenters. The number of carbonyl (C=O) groups excluding carboxylic acids is 1. The summed E-state index contributed by atoms with van der Waals surface area (Å²) in [6, 6.07) is 0. The molecule has 0 amide bonds. The fourth-order valence-electron chi connectivity index (χ4n) is 8.10. The van der Waals surface area contributed by atoms with Crippen LogP contribution in [0.1, 0.15) is 100 Å². The van der Waals surface area contributed by atoms with Crippen LogP contribution in [0.2, 0.25) is 36.3 Å². The zero-order chi connectivity index (χ0) is 27.8. The molecule has 0 N–H and O–H groups in total. The highest BCUT2D eigenvalue weighted by Gasteiger charge is 2.62. The SMILES string of the molecule is CC(C)(C)[Si](C)(C)O[C@@H]1CC[C@@]2(C)C(C1)C(=O)OC[C@H]1[C@@H]3CC[C@H](O[Si](C)(C)C(C)(C)C)[C@@]3(C)CC[C@@H]12. The number of hydrogen-bond donors (Lipinski definition) is 0. The lowest BCUT2D eigenvalue weighted by Crippen LogP contribution is -2.54. The Morgan fingerprint density at radius 3 is 1.92 bits per heavy atom. The minimum Gasteiger partial charge on any atom is -0.465 e. The van der Waals surface area contributed by atoms with Gasteiger partial charge in [0.1, 0.15) is 0 Å². The molecule has 1 saturated heterocycles. The molecule has 37 heavy (non-hydrogen) atoms. The molecule has 0 aromatic carbocycles. The predicted octanol–water partition coefficient (Wildman–Crippen LogP) is 8.57. The molecule has 8 atom stereocenters. The molecular weight excluding hydrogens is 493 g/mol. The quantitative estimate of drug-likeness (QED) is 0.260. The van der Waals surface area contributed by atoms with E-state index < -0.39 is 16.6 Å². The highest BCUT2D eigenvalue weighted by atomic mass is 28.4. The Balaban J connectivity index is 1.54. The molecule has 4 nitrogen and oxygen atoms in total. The van der Waals surface area contributed by atoms with Crippen LogP contribution in [-0.2, 0) is 18.4 Å². The molecule has 4 aliphatic rings. The van der Waals surface area contributed by atoms with Gasteiger partial charge in [-0.05, 0) is 110 Å². The Morgan fingerprint density at radius 1 is 0.784 bits per heavy atom. The number of fused-ring (bicyclic) bond motifs is 5. The second-order valence-electron chi connectivity index (χ2n) is 16.8. The molecule has 1 heterocycles. The summed E-state index contributed by atoms with van der Waals surface area (Å²) in [6.45, 7) is 29.0. The molecule has 3 aliphatic carbocycles. The molecule has 1 aliphatic heterocycles. The van der Waals surface area contributed by atoms with E-state index >= 15 is 0 Å².